The van der Waals surface area contributed by atoms with E-state index in [2.05, 4.69) is 20.4 Å². The molecule has 1 aromatic carbocycles. The van der Waals surface area contributed by atoms with Crippen LogP contribution in [0.25, 0.3) is 0 Å². The second kappa shape index (κ2) is 9.89. The Bertz CT molecular complexity index is 664. The normalized spacial score (nSPS) is 15.7. The summed E-state index contributed by atoms with van der Waals surface area (Å²) in [7, 11) is 0. The van der Waals surface area contributed by atoms with Crippen LogP contribution in [0.4, 0.5) is 18.0 Å². The molecule has 150 valence electrons. The molecule has 0 aromatic heterocycles. The smallest absolute Gasteiger partial charge is 0.387 e. The molecule has 1 aliphatic heterocycles. The Balaban J connectivity index is 2.05. The van der Waals surface area contributed by atoms with Gasteiger partial charge in [-0.25, -0.2) is 14.2 Å². The third-order valence-corrected chi connectivity index (χ3v) is 4.18. The molecule has 10 heteroatoms. The molecule has 2 amide bonds. The molecule has 0 saturated carbocycles. The number of carbonyl (C=O) groups is 1. The number of aliphatic imine (C=N–C) groups is 1. The third kappa shape index (κ3) is 6.22. The molecule has 2 rings (SSSR count). The molecule has 4 N–H and O–H groups in total. The number of guanidine groups is 1. The molecule has 7 nitrogen and oxygen atoms in total. The van der Waals surface area contributed by atoms with Gasteiger partial charge in [0.25, 0.3) is 0 Å². The first-order valence-electron chi connectivity index (χ1n) is 8.72. The lowest BCUT2D eigenvalue weighted by Gasteiger charge is -2.32. The van der Waals surface area contributed by atoms with Gasteiger partial charge in [0.15, 0.2) is 5.96 Å². The summed E-state index contributed by atoms with van der Waals surface area (Å²) in [5, 5.41) is 6.25. The van der Waals surface area contributed by atoms with E-state index in [-0.39, 0.29) is 23.9 Å². The summed E-state index contributed by atoms with van der Waals surface area (Å²) in [5.41, 5.74) is 5.22. The number of nitrogens with zero attached hydrogens (tertiary/aromatic N) is 2. The minimum Gasteiger partial charge on any atom is -0.434 e. The Morgan fingerprint density at radius 1 is 1.41 bits per heavy atom. The van der Waals surface area contributed by atoms with E-state index in [0.717, 1.165) is 0 Å². The van der Waals surface area contributed by atoms with Crippen molar-refractivity contribution in [1.82, 2.24) is 15.5 Å². The number of likely N-dealkylation sites (tertiary alicyclic amines) is 1. The number of piperidine rings is 1. The maximum absolute atomic E-state index is 14.0. The van der Waals surface area contributed by atoms with E-state index in [1.165, 1.54) is 18.2 Å². The second-order valence-corrected chi connectivity index (χ2v) is 6.03. The fourth-order valence-electron chi connectivity index (χ4n) is 2.81. The van der Waals surface area contributed by atoms with Crippen LogP contribution in [-0.2, 0) is 6.54 Å². The molecule has 1 saturated heterocycles. The van der Waals surface area contributed by atoms with E-state index in [9.17, 15) is 18.0 Å². The standard InChI is InChI=1S/C17H24F3N5O2/c1-2-22-17(24-11-6-8-25(9-7-11)16(21)26)23-10-12-13(18)4-3-5-14(12)27-15(19)20/h3-5,11,15H,2,6-10H2,1H3,(H2,21,26)(H2,22,23,24). The van der Waals surface area contributed by atoms with Crippen LogP contribution < -0.4 is 21.1 Å². The third-order valence-electron chi connectivity index (χ3n) is 4.18. The summed E-state index contributed by atoms with van der Waals surface area (Å²) < 4.78 is 43.4. The summed E-state index contributed by atoms with van der Waals surface area (Å²) in [6.07, 6.45) is 1.37. The topological polar surface area (TPSA) is 92.0 Å². The van der Waals surface area contributed by atoms with Crippen LogP contribution in [0.2, 0.25) is 0 Å². The molecular weight excluding hydrogens is 363 g/mol. The molecular formula is C17H24F3N5O2. The summed E-state index contributed by atoms with van der Waals surface area (Å²) in [6.45, 7) is 0.309. The predicted molar refractivity (Wildman–Crippen MR) is 95.2 cm³/mol. The minimum atomic E-state index is -3.05. The minimum absolute atomic E-state index is 0.0430. The van der Waals surface area contributed by atoms with Gasteiger partial charge in [0.05, 0.1) is 12.1 Å². The molecule has 1 heterocycles. The van der Waals surface area contributed by atoms with Crippen LogP contribution in [0, 0.1) is 5.82 Å². The average Bonchev–Trinajstić information content (AvgIpc) is 2.61. The molecule has 0 radical (unpaired) electrons. The molecule has 0 bridgehead atoms. The molecule has 0 aliphatic carbocycles. The molecule has 1 aliphatic rings. The van der Waals surface area contributed by atoms with Gasteiger partial charge in [-0.3, -0.25) is 0 Å². The highest BCUT2D eigenvalue weighted by Gasteiger charge is 2.22. The van der Waals surface area contributed by atoms with Gasteiger partial charge >= 0.3 is 12.6 Å². The van der Waals surface area contributed by atoms with Gasteiger partial charge in [0, 0.05) is 25.7 Å². The van der Waals surface area contributed by atoms with Crippen molar-refractivity contribution in [3.8, 4) is 5.75 Å². The number of carbonyl (C=O) groups excluding carboxylic acids is 1. The fraction of sp³-hybridized carbons (Fsp3) is 0.529. The van der Waals surface area contributed by atoms with Crippen molar-refractivity contribution in [2.75, 3.05) is 19.6 Å². The largest absolute Gasteiger partial charge is 0.434 e. The Morgan fingerprint density at radius 3 is 2.70 bits per heavy atom. The zero-order valence-electron chi connectivity index (χ0n) is 15.1. The Kier molecular flexibility index (Phi) is 7.56. The zero-order chi connectivity index (χ0) is 19.8. The lowest BCUT2D eigenvalue weighted by atomic mass is 10.1. The number of rotatable bonds is 6. The maximum atomic E-state index is 14.0. The van der Waals surface area contributed by atoms with Crippen molar-refractivity contribution in [2.45, 2.75) is 39.0 Å². The number of hydrogen-bond donors (Lipinski definition) is 3. The summed E-state index contributed by atoms with van der Waals surface area (Å²) >= 11 is 0. The van der Waals surface area contributed by atoms with Gasteiger partial charge in [-0.2, -0.15) is 8.78 Å². The Labute approximate surface area is 155 Å². The van der Waals surface area contributed by atoms with Gasteiger partial charge in [0.1, 0.15) is 11.6 Å². The zero-order valence-corrected chi connectivity index (χ0v) is 15.1. The van der Waals surface area contributed by atoms with Crippen molar-refractivity contribution in [3.63, 3.8) is 0 Å². The van der Waals surface area contributed by atoms with E-state index in [1.54, 1.807) is 4.90 Å². The Morgan fingerprint density at radius 2 is 2.11 bits per heavy atom. The van der Waals surface area contributed by atoms with Gasteiger partial charge in [0.2, 0.25) is 0 Å². The van der Waals surface area contributed by atoms with Crippen LogP contribution in [0.3, 0.4) is 0 Å². The van der Waals surface area contributed by atoms with Crippen molar-refractivity contribution in [1.29, 1.82) is 0 Å². The van der Waals surface area contributed by atoms with E-state index in [4.69, 9.17) is 5.73 Å². The number of hydrogen-bond acceptors (Lipinski definition) is 3. The summed E-state index contributed by atoms with van der Waals surface area (Å²) in [4.78, 5) is 17.0. The van der Waals surface area contributed by atoms with Gasteiger partial charge in [-0.1, -0.05) is 6.07 Å². The lowest BCUT2D eigenvalue weighted by molar-refractivity contribution is -0.0506. The first kappa shape index (κ1) is 20.7. The molecule has 0 atom stereocenters. The number of primary amides is 1. The van der Waals surface area contributed by atoms with Gasteiger partial charge in [-0.05, 0) is 31.9 Å². The molecule has 1 aromatic rings. The average molecular weight is 387 g/mol. The van der Waals surface area contributed by atoms with Crippen molar-refractivity contribution < 1.29 is 22.7 Å². The quantitative estimate of drug-likeness (QED) is 0.514. The second-order valence-electron chi connectivity index (χ2n) is 6.03. The predicted octanol–water partition coefficient (Wildman–Crippen LogP) is 2.03. The number of alkyl halides is 2. The highest BCUT2D eigenvalue weighted by Crippen LogP contribution is 2.24. The van der Waals surface area contributed by atoms with Crippen molar-refractivity contribution in [2.24, 2.45) is 10.7 Å². The lowest BCUT2D eigenvalue weighted by Crippen LogP contribution is -2.50. The fourth-order valence-corrected chi connectivity index (χ4v) is 2.81. The number of benzene rings is 1. The van der Waals surface area contributed by atoms with E-state index in [0.29, 0.717) is 38.4 Å². The first-order valence-corrected chi connectivity index (χ1v) is 8.72. The number of ether oxygens (including phenoxy) is 1. The SMILES string of the molecule is CCNC(=NCc1c(F)cccc1OC(F)F)NC1CCN(C(N)=O)CC1. The van der Waals surface area contributed by atoms with Crippen LogP contribution in [0.1, 0.15) is 25.3 Å². The van der Waals surface area contributed by atoms with E-state index >= 15 is 0 Å². The van der Waals surface area contributed by atoms with Crippen molar-refractivity contribution in [3.05, 3.63) is 29.6 Å². The monoisotopic (exact) mass is 387 g/mol. The van der Waals surface area contributed by atoms with E-state index in [1.807, 2.05) is 6.92 Å². The molecule has 0 spiro atoms. The van der Waals surface area contributed by atoms with Gasteiger partial charge < -0.3 is 26.0 Å². The van der Waals surface area contributed by atoms with Crippen LogP contribution >= 0.6 is 0 Å². The van der Waals surface area contributed by atoms with Crippen LogP contribution in [-0.4, -0.2) is 49.2 Å². The van der Waals surface area contributed by atoms with Crippen LogP contribution in [0.15, 0.2) is 23.2 Å². The first-order chi connectivity index (χ1) is 12.9. The number of nitrogens with two attached hydrogens (primary N) is 1. The number of amides is 2. The number of halogens is 3. The molecule has 1 fully saturated rings. The number of urea groups is 1. The Hall–Kier alpha value is -2.65. The summed E-state index contributed by atoms with van der Waals surface area (Å²) in [6, 6.07) is 3.37. The highest BCUT2D eigenvalue weighted by molar-refractivity contribution is 5.80. The summed E-state index contributed by atoms with van der Waals surface area (Å²) in [5.74, 6) is -0.469. The number of nitrogens with one attached hydrogen (secondary N) is 2. The van der Waals surface area contributed by atoms with Crippen molar-refractivity contribution >= 4 is 12.0 Å². The molecule has 27 heavy (non-hydrogen) atoms. The highest BCUT2D eigenvalue weighted by atomic mass is 19.3. The van der Waals surface area contributed by atoms with Gasteiger partial charge in [-0.15, -0.1) is 0 Å². The molecule has 0 unspecified atom stereocenters. The maximum Gasteiger partial charge on any atom is 0.387 e. The van der Waals surface area contributed by atoms with Crippen LogP contribution in [0.5, 0.6) is 5.75 Å². The van der Waals surface area contributed by atoms with E-state index < -0.39 is 18.5 Å².